The number of aromatic nitrogens is 6. The Labute approximate surface area is 274 Å². The molecule has 47 heavy (non-hydrogen) atoms. The second-order valence-corrected chi connectivity index (χ2v) is 11.3. The Morgan fingerprint density at radius 3 is 2.70 bits per heavy atom. The van der Waals surface area contributed by atoms with Gasteiger partial charge in [-0.25, -0.2) is 14.7 Å². The van der Waals surface area contributed by atoms with E-state index in [1.54, 1.807) is 66.6 Å². The van der Waals surface area contributed by atoms with E-state index in [1.165, 1.54) is 24.2 Å². The zero-order valence-electron chi connectivity index (χ0n) is 25.6. The van der Waals surface area contributed by atoms with Crippen molar-refractivity contribution in [1.29, 1.82) is 0 Å². The SMILES string of the molecule is CNC(=O)N1CCCC(CC(NC(=O)C=Cc2cc(Cl)ccc2-n2cnnn2)c2cc(-c3ccc(NC(=O)OC)cc3)c(=O)[nH]n2)C1. The lowest BCUT2D eigenvalue weighted by Crippen LogP contribution is -2.45. The molecule has 2 atom stereocenters. The van der Waals surface area contributed by atoms with E-state index in [4.69, 9.17) is 11.6 Å². The van der Waals surface area contributed by atoms with Gasteiger partial charge in [-0.2, -0.15) is 9.78 Å². The number of tetrazole rings is 1. The van der Waals surface area contributed by atoms with E-state index in [2.05, 4.69) is 46.4 Å². The van der Waals surface area contributed by atoms with Crippen LogP contribution in [0.2, 0.25) is 5.02 Å². The number of rotatable bonds is 9. The van der Waals surface area contributed by atoms with Gasteiger partial charge in [-0.3, -0.25) is 14.9 Å². The normalized spacial score (nSPS) is 15.2. The van der Waals surface area contributed by atoms with Gasteiger partial charge in [0.15, 0.2) is 0 Å². The highest BCUT2D eigenvalue weighted by atomic mass is 35.5. The number of nitrogens with zero attached hydrogens (tertiary/aromatic N) is 6. The summed E-state index contributed by atoms with van der Waals surface area (Å²) < 4.78 is 6.09. The van der Waals surface area contributed by atoms with Gasteiger partial charge in [0, 0.05) is 42.5 Å². The minimum absolute atomic E-state index is 0.0514. The lowest BCUT2D eigenvalue weighted by molar-refractivity contribution is -0.117. The summed E-state index contributed by atoms with van der Waals surface area (Å²) in [5.74, 6) is -0.361. The van der Waals surface area contributed by atoms with E-state index in [1.807, 2.05) is 0 Å². The summed E-state index contributed by atoms with van der Waals surface area (Å²) in [6.45, 7) is 1.14. The molecule has 1 aliphatic heterocycles. The van der Waals surface area contributed by atoms with Crippen LogP contribution < -0.4 is 21.5 Å². The molecule has 3 heterocycles. The van der Waals surface area contributed by atoms with Crippen LogP contribution in [-0.2, 0) is 9.53 Å². The Kier molecular flexibility index (Phi) is 10.6. The standard InChI is InChI=1S/C31H33ClN10O5/c1-33-30(45)41-13-3-4-19(17-41)14-25(36-28(43)12-7-21-15-22(32)8-11-27(21)42-18-34-39-40-42)26-16-24(29(44)38-37-26)20-5-9-23(10-6-20)35-31(46)47-2/h5-12,15-16,18-19,25H,3-4,13-14,17H2,1-2H3,(H,33,45)(H,35,46)(H,36,43)(H,38,44). The van der Waals surface area contributed by atoms with Crippen LogP contribution in [0.1, 0.15) is 36.6 Å². The number of amides is 4. The molecule has 4 N–H and O–H groups in total. The Morgan fingerprint density at radius 2 is 1.98 bits per heavy atom. The summed E-state index contributed by atoms with van der Waals surface area (Å²) in [6.07, 6.45) is 5.92. The van der Waals surface area contributed by atoms with Crippen LogP contribution in [0.5, 0.6) is 0 Å². The number of aromatic amines is 1. The molecule has 16 heteroatoms. The highest BCUT2D eigenvalue weighted by molar-refractivity contribution is 6.30. The van der Waals surface area contributed by atoms with E-state index >= 15 is 0 Å². The Balaban J connectivity index is 1.42. The summed E-state index contributed by atoms with van der Waals surface area (Å²) >= 11 is 6.24. The number of nitrogens with one attached hydrogen (secondary N) is 4. The average Bonchev–Trinajstić information content (AvgIpc) is 3.62. The van der Waals surface area contributed by atoms with Gasteiger partial charge in [0.05, 0.1) is 30.1 Å². The molecule has 1 fully saturated rings. The molecule has 0 saturated carbocycles. The maximum absolute atomic E-state index is 13.4. The third kappa shape index (κ3) is 8.38. The van der Waals surface area contributed by atoms with Gasteiger partial charge in [-0.05, 0) is 83.6 Å². The molecule has 4 amide bonds. The molecule has 1 saturated heterocycles. The smallest absolute Gasteiger partial charge is 0.411 e. The second kappa shape index (κ2) is 15.1. The predicted octanol–water partition coefficient (Wildman–Crippen LogP) is 3.56. The number of piperidine rings is 1. The molecule has 2 aromatic carbocycles. The van der Waals surface area contributed by atoms with E-state index in [9.17, 15) is 19.2 Å². The molecule has 0 radical (unpaired) electrons. The molecule has 1 aliphatic rings. The van der Waals surface area contributed by atoms with Gasteiger partial charge in [0.2, 0.25) is 5.91 Å². The third-order valence-electron chi connectivity index (χ3n) is 7.71. The van der Waals surface area contributed by atoms with Crippen molar-refractivity contribution in [3.05, 3.63) is 87.6 Å². The van der Waals surface area contributed by atoms with Crippen molar-refractivity contribution in [2.24, 2.45) is 5.92 Å². The van der Waals surface area contributed by atoms with Crippen LogP contribution in [-0.4, -0.2) is 80.6 Å². The molecule has 4 aromatic rings. The molecule has 2 aromatic heterocycles. The first kappa shape index (κ1) is 32.8. The molecular formula is C31H33ClN10O5. The van der Waals surface area contributed by atoms with Gasteiger partial charge >= 0.3 is 12.1 Å². The number of benzene rings is 2. The number of likely N-dealkylation sites (tertiary alicyclic amines) is 1. The number of carbonyl (C=O) groups excluding carboxylic acids is 3. The maximum Gasteiger partial charge on any atom is 0.411 e. The van der Waals surface area contributed by atoms with Gasteiger partial charge < -0.3 is 20.3 Å². The number of urea groups is 1. The number of halogens is 1. The molecular weight excluding hydrogens is 628 g/mol. The quantitative estimate of drug-likeness (QED) is 0.195. The van der Waals surface area contributed by atoms with Crippen LogP contribution >= 0.6 is 11.6 Å². The van der Waals surface area contributed by atoms with Crippen LogP contribution in [0.15, 0.2) is 65.7 Å². The fourth-order valence-corrected chi connectivity index (χ4v) is 5.61. The number of carbonyl (C=O) groups is 3. The Bertz CT molecular complexity index is 1810. The lowest BCUT2D eigenvalue weighted by atomic mass is 9.89. The average molecular weight is 661 g/mol. The Hall–Kier alpha value is -5.57. The van der Waals surface area contributed by atoms with Gasteiger partial charge in [0.25, 0.3) is 5.56 Å². The highest BCUT2D eigenvalue weighted by Gasteiger charge is 2.28. The first-order valence-electron chi connectivity index (χ1n) is 14.8. The second-order valence-electron chi connectivity index (χ2n) is 10.8. The molecule has 0 aliphatic carbocycles. The van der Waals surface area contributed by atoms with Crippen molar-refractivity contribution in [3.8, 4) is 16.8 Å². The number of hydrogen-bond acceptors (Lipinski definition) is 9. The minimum atomic E-state index is -0.617. The monoisotopic (exact) mass is 660 g/mol. The number of H-pyrrole nitrogens is 1. The van der Waals surface area contributed by atoms with Crippen LogP contribution in [0.25, 0.3) is 22.9 Å². The topological polar surface area (TPSA) is 189 Å². The third-order valence-corrected chi connectivity index (χ3v) is 7.95. The van der Waals surface area contributed by atoms with Crippen molar-refractivity contribution in [1.82, 2.24) is 45.9 Å². The van der Waals surface area contributed by atoms with Crippen molar-refractivity contribution in [2.75, 3.05) is 32.6 Å². The Morgan fingerprint density at radius 1 is 1.17 bits per heavy atom. The summed E-state index contributed by atoms with van der Waals surface area (Å²) in [6, 6.07) is 12.7. The van der Waals surface area contributed by atoms with Gasteiger partial charge in [0.1, 0.15) is 6.33 Å². The fraction of sp³-hybridized carbons (Fsp3) is 0.290. The summed E-state index contributed by atoms with van der Waals surface area (Å²) in [7, 11) is 2.86. The number of anilines is 1. The molecule has 244 valence electrons. The molecule has 0 bridgehead atoms. The summed E-state index contributed by atoms with van der Waals surface area (Å²) in [5, 5.41) is 26.9. The highest BCUT2D eigenvalue weighted by Crippen LogP contribution is 2.29. The number of ether oxygens (including phenoxy) is 1. The minimum Gasteiger partial charge on any atom is -0.453 e. The van der Waals surface area contributed by atoms with Gasteiger partial charge in [-0.1, -0.05) is 23.7 Å². The van der Waals surface area contributed by atoms with Gasteiger partial charge in [-0.15, -0.1) is 5.10 Å². The lowest BCUT2D eigenvalue weighted by Gasteiger charge is -2.34. The molecule has 5 rings (SSSR count). The van der Waals surface area contributed by atoms with E-state index in [0.29, 0.717) is 58.3 Å². The van der Waals surface area contributed by atoms with Crippen LogP contribution in [0, 0.1) is 5.92 Å². The number of hydrogen-bond donors (Lipinski definition) is 4. The largest absolute Gasteiger partial charge is 0.453 e. The first-order valence-corrected chi connectivity index (χ1v) is 15.1. The van der Waals surface area contributed by atoms with E-state index < -0.39 is 23.6 Å². The van der Waals surface area contributed by atoms with E-state index in [0.717, 1.165) is 12.8 Å². The van der Waals surface area contributed by atoms with E-state index in [-0.39, 0.29) is 11.9 Å². The zero-order chi connectivity index (χ0) is 33.3. The molecule has 2 unspecified atom stereocenters. The van der Waals surface area contributed by atoms with Crippen LogP contribution in [0.3, 0.4) is 0 Å². The summed E-state index contributed by atoms with van der Waals surface area (Å²) in [5.41, 5.74) is 2.64. The number of methoxy groups -OCH3 is 1. The van der Waals surface area contributed by atoms with Crippen molar-refractivity contribution >= 4 is 41.4 Å². The van der Waals surface area contributed by atoms with Crippen molar-refractivity contribution in [3.63, 3.8) is 0 Å². The molecule has 0 spiro atoms. The maximum atomic E-state index is 13.4. The van der Waals surface area contributed by atoms with Crippen LogP contribution in [0.4, 0.5) is 15.3 Å². The van der Waals surface area contributed by atoms with Crippen molar-refractivity contribution < 1.29 is 19.1 Å². The molecule has 15 nitrogen and oxygen atoms in total. The van der Waals surface area contributed by atoms with Crippen molar-refractivity contribution in [2.45, 2.75) is 25.3 Å². The zero-order valence-corrected chi connectivity index (χ0v) is 26.4. The predicted molar refractivity (Wildman–Crippen MR) is 174 cm³/mol. The fourth-order valence-electron chi connectivity index (χ4n) is 5.43. The summed E-state index contributed by atoms with van der Waals surface area (Å²) in [4.78, 5) is 52.0. The first-order chi connectivity index (χ1) is 22.7.